The first-order valence-corrected chi connectivity index (χ1v) is 7.19. The second kappa shape index (κ2) is 6.30. The maximum absolute atomic E-state index is 11.8. The third-order valence-electron chi connectivity index (χ3n) is 2.81. The number of carbonyl (C=O) groups excluding carboxylic acids is 1. The number of methoxy groups -OCH3 is 2. The molecule has 1 aromatic carbocycles. The second-order valence-corrected chi connectivity index (χ2v) is 5.49. The molecule has 5 nitrogen and oxygen atoms in total. The molecular formula is C15H16BrNO4. The van der Waals surface area contributed by atoms with Crippen molar-refractivity contribution >= 4 is 32.8 Å². The van der Waals surface area contributed by atoms with Crippen LogP contribution in [0.1, 0.15) is 24.3 Å². The van der Waals surface area contributed by atoms with Gasteiger partial charge in [-0.05, 0) is 41.9 Å². The van der Waals surface area contributed by atoms with Gasteiger partial charge in [0.05, 0.1) is 31.2 Å². The summed E-state index contributed by atoms with van der Waals surface area (Å²) in [5.41, 5.74) is 0.780. The molecule has 2 rings (SSSR count). The first-order valence-electron chi connectivity index (χ1n) is 6.40. The molecule has 112 valence electrons. The molecule has 0 aliphatic carbocycles. The van der Waals surface area contributed by atoms with Crippen molar-refractivity contribution in [3.8, 4) is 11.5 Å². The number of pyridine rings is 1. The number of fused-ring (bicyclic) bond motifs is 1. The van der Waals surface area contributed by atoms with Gasteiger partial charge in [-0.2, -0.15) is 0 Å². The van der Waals surface area contributed by atoms with E-state index in [1.807, 2.05) is 26.0 Å². The molecule has 6 heteroatoms. The van der Waals surface area contributed by atoms with Crippen LogP contribution in [0.2, 0.25) is 0 Å². The lowest BCUT2D eigenvalue weighted by Gasteiger charge is -2.16. The number of esters is 1. The zero-order valence-electron chi connectivity index (χ0n) is 12.3. The highest BCUT2D eigenvalue weighted by Gasteiger charge is 2.18. The van der Waals surface area contributed by atoms with Crippen LogP contribution in [0.5, 0.6) is 11.5 Å². The maximum atomic E-state index is 11.8. The van der Waals surface area contributed by atoms with Gasteiger partial charge in [-0.3, -0.25) is 0 Å². The van der Waals surface area contributed by atoms with Crippen molar-refractivity contribution < 1.29 is 19.0 Å². The fraction of sp³-hybridized carbons (Fsp3) is 0.333. The molecule has 0 saturated carbocycles. The van der Waals surface area contributed by atoms with Crippen LogP contribution in [0.3, 0.4) is 0 Å². The molecule has 0 saturated heterocycles. The number of hydrogen-bond donors (Lipinski definition) is 0. The third kappa shape index (κ3) is 3.10. The van der Waals surface area contributed by atoms with E-state index in [0.717, 1.165) is 4.47 Å². The van der Waals surface area contributed by atoms with Gasteiger partial charge in [0.2, 0.25) is 0 Å². The van der Waals surface area contributed by atoms with E-state index in [2.05, 4.69) is 20.9 Å². The maximum Gasteiger partial charge on any atom is 0.356 e. The number of benzene rings is 1. The Bertz CT molecular complexity index is 685. The highest BCUT2D eigenvalue weighted by atomic mass is 79.9. The number of hydrogen-bond acceptors (Lipinski definition) is 5. The molecule has 0 N–H and O–H groups in total. The Balaban J connectivity index is 2.80. The van der Waals surface area contributed by atoms with Crippen molar-refractivity contribution in [1.82, 2.24) is 4.98 Å². The van der Waals surface area contributed by atoms with Gasteiger partial charge in [-0.15, -0.1) is 0 Å². The molecule has 0 bridgehead atoms. The number of ether oxygens (including phenoxy) is 3. The van der Waals surface area contributed by atoms with Gasteiger partial charge >= 0.3 is 5.97 Å². The molecule has 0 fully saturated rings. The molecule has 0 spiro atoms. The third-order valence-corrected chi connectivity index (χ3v) is 3.45. The summed E-state index contributed by atoms with van der Waals surface area (Å²) in [6.07, 6.45) is -0.0511. The molecule has 2 aromatic rings. The number of nitrogens with zero attached hydrogens (tertiary/aromatic N) is 1. The second-order valence-electron chi connectivity index (χ2n) is 4.64. The smallest absolute Gasteiger partial charge is 0.356 e. The van der Waals surface area contributed by atoms with Crippen LogP contribution in [0, 0.1) is 0 Å². The van der Waals surface area contributed by atoms with Crippen LogP contribution in [-0.2, 0) is 4.74 Å². The topological polar surface area (TPSA) is 57.7 Å². The van der Waals surface area contributed by atoms with Crippen molar-refractivity contribution in [2.24, 2.45) is 0 Å². The Labute approximate surface area is 131 Å². The van der Waals surface area contributed by atoms with Crippen LogP contribution in [0.15, 0.2) is 22.7 Å². The van der Waals surface area contributed by atoms with Crippen LogP contribution in [0.25, 0.3) is 10.9 Å². The highest BCUT2D eigenvalue weighted by molar-refractivity contribution is 9.10. The Morgan fingerprint density at radius 2 is 1.95 bits per heavy atom. The molecule has 0 amide bonds. The standard InChI is InChI=1S/C15H16BrNO4/c1-8(2)21-12-7-10(15(18)20-4)17-14-9(16)5-6-11(19-3)13(12)14/h5-8H,1-4H3. The van der Waals surface area contributed by atoms with Crippen molar-refractivity contribution in [2.45, 2.75) is 20.0 Å². The van der Waals surface area contributed by atoms with Gasteiger partial charge < -0.3 is 14.2 Å². The normalized spacial score (nSPS) is 10.8. The molecule has 21 heavy (non-hydrogen) atoms. The van der Waals surface area contributed by atoms with Crippen molar-refractivity contribution in [3.05, 3.63) is 28.4 Å². The summed E-state index contributed by atoms with van der Waals surface area (Å²) in [5.74, 6) is 0.654. The number of rotatable bonds is 4. The van der Waals surface area contributed by atoms with Gasteiger partial charge in [-0.1, -0.05) is 0 Å². The lowest BCUT2D eigenvalue weighted by atomic mass is 10.1. The number of aromatic nitrogens is 1. The Morgan fingerprint density at radius 1 is 1.24 bits per heavy atom. The summed E-state index contributed by atoms with van der Waals surface area (Å²) in [4.78, 5) is 16.1. The zero-order chi connectivity index (χ0) is 15.6. The van der Waals surface area contributed by atoms with Gasteiger partial charge in [0, 0.05) is 10.5 Å². The van der Waals surface area contributed by atoms with Crippen LogP contribution >= 0.6 is 15.9 Å². The van der Waals surface area contributed by atoms with E-state index in [-0.39, 0.29) is 11.8 Å². The van der Waals surface area contributed by atoms with Gasteiger partial charge in [-0.25, -0.2) is 9.78 Å². The average molecular weight is 354 g/mol. The number of halogens is 1. The minimum Gasteiger partial charge on any atom is -0.496 e. The van der Waals surface area contributed by atoms with E-state index in [1.165, 1.54) is 7.11 Å². The largest absolute Gasteiger partial charge is 0.496 e. The molecule has 1 aromatic heterocycles. The first-order chi connectivity index (χ1) is 9.97. The monoisotopic (exact) mass is 353 g/mol. The van der Waals surface area contributed by atoms with Crippen molar-refractivity contribution in [3.63, 3.8) is 0 Å². The van der Waals surface area contributed by atoms with Gasteiger partial charge in [0.1, 0.15) is 11.5 Å². The number of carbonyl (C=O) groups is 1. The summed E-state index contributed by atoms with van der Waals surface area (Å²) in [6, 6.07) is 5.20. The van der Waals surface area contributed by atoms with Crippen LogP contribution in [0.4, 0.5) is 0 Å². The lowest BCUT2D eigenvalue weighted by Crippen LogP contribution is -2.10. The molecular weight excluding hydrogens is 338 g/mol. The Morgan fingerprint density at radius 3 is 2.52 bits per heavy atom. The van der Waals surface area contributed by atoms with Crippen LogP contribution < -0.4 is 9.47 Å². The Kier molecular flexibility index (Phi) is 4.67. The minimum atomic E-state index is -0.514. The predicted molar refractivity (Wildman–Crippen MR) is 83.1 cm³/mol. The minimum absolute atomic E-state index is 0.0511. The highest BCUT2D eigenvalue weighted by Crippen LogP contribution is 2.38. The fourth-order valence-electron chi connectivity index (χ4n) is 1.97. The summed E-state index contributed by atoms with van der Waals surface area (Å²) < 4.78 is 16.7. The summed E-state index contributed by atoms with van der Waals surface area (Å²) in [6.45, 7) is 3.82. The zero-order valence-corrected chi connectivity index (χ0v) is 13.9. The predicted octanol–water partition coefficient (Wildman–Crippen LogP) is 3.58. The van der Waals surface area contributed by atoms with Gasteiger partial charge in [0.25, 0.3) is 0 Å². The van der Waals surface area contributed by atoms with Crippen molar-refractivity contribution in [2.75, 3.05) is 14.2 Å². The molecule has 0 aliphatic rings. The average Bonchev–Trinajstić information content (AvgIpc) is 2.46. The van der Waals surface area contributed by atoms with Crippen LogP contribution in [-0.4, -0.2) is 31.3 Å². The quantitative estimate of drug-likeness (QED) is 0.786. The van der Waals surface area contributed by atoms with Crippen molar-refractivity contribution in [1.29, 1.82) is 0 Å². The summed E-state index contributed by atoms with van der Waals surface area (Å²) in [7, 11) is 2.90. The fourth-order valence-corrected chi connectivity index (χ4v) is 2.39. The molecule has 1 heterocycles. The van der Waals surface area contributed by atoms with E-state index < -0.39 is 5.97 Å². The first kappa shape index (κ1) is 15.6. The molecule has 0 unspecified atom stereocenters. The summed E-state index contributed by atoms with van der Waals surface area (Å²) in [5, 5.41) is 0.716. The molecule has 0 radical (unpaired) electrons. The van der Waals surface area contributed by atoms with E-state index in [0.29, 0.717) is 22.4 Å². The molecule has 0 aliphatic heterocycles. The Hall–Kier alpha value is -1.82. The van der Waals surface area contributed by atoms with E-state index in [9.17, 15) is 4.79 Å². The van der Waals surface area contributed by atoms with E-state index >= 15 is 0 Å². The van der Waals surface area contributed by atoms with E-state index in [1.54, 1.807) is 13.2 Å². The van der Waals surface area contributed by atoms with Gasteiger partial charge in [0.15, 0.2) is 5.69 Å². The van der Waals surface area contributed by atoms with E-state index in [4.69, 9.17) is 14.2 Å². The molecule has 0 atom stereocenters. The lowest BCUT2D eigenvalue weighted by molar-refractivity contribution is 0.0593. The summed E-state index contributed by atoms with van der Waals surface area (Å²) >= 11 is 3.44. The SMILES string of the molecule is COC(=O)c1cc(OC(C)C)c2c(OC)ccc(Br)c2n1.